The van der Waals surface area contributed by atoms with E-state index in [1.165, 1.54) is 6.07 Å². The second-order valence-electron chi connectivity index (χ2n) is 4.27. The zero-order valence-corrected chi connectivity index (χ0v) is 11.5. The molecule has 0 heterocycles. The number of non-ortho nitro benzene ring substituents is 1. The van der Waals surface area contributed by atoms with Crippen molar-refractivity contribution >= 4 is 23.1 Å². The van der Waals surface area contributed by atoms with E-state index in [9.17, 15) is 10.1 Å². The molecule has 0 radical (unpaired) electrons. The Morgan fingerprint density at radius 3 is 2.83 bits per heavy atom. The molecule has 0 aliphatic carbocycles. The van der Waals surface area contributed by atoms with Crippen molar-refractivity contribution in [3.05, 3.63) is 33.9 Å². The van der Waals surface area contributed by atoms with Crippen LogP contribution in [0.1, 0.15) is 25.8 Å². The number of benzene rings is 1. The number of hydrogen-bond donors (Lipinski definition) is 2. The Balaban J connectivity index is 2.72. The summed E-state index contributed by atoms with van der Waals surface area (Å²) < 4.78 is 0. The van der Waals surface area contributed by atoms with E-state index in [1.54, 1.807) is 23.9 Å². The van der Waals surface area contributed by atoms with Crippen LogP contribution in [0.4, 0.5) is 11.4 Å². The average Bonchev–Trinajstić information content (AvgIpc) is 2.38. The second-order valence-corrected chi connectivity index (χ2v) is 5.30. The second kappa shape index (κ2) is 7.23. The van der Waals surface area contributed by atoms with Crippen molar-refractivity contribution in [2.75, 3.05) is 11.2 Å². The van der Waals surface area contributed by atoms with E-state index < -0.39 is 0 Å². The van der Waals surface area contributed by atoms with Gasteiger partial charge in [0.05, 0.1) is 10.6 Å². The molecular weight excluding hydrogens is 250 g/mol. The molecule has 6 heteroatoms. The monoisotopic (exact) mass is 269 g/mol. The van der Waals surface area contributed by atoms with Crippen molar-refractivity contribution in [3.63, 3.8) is 0 Å². The fraction of sp³-hybridized carbons (Fsp3) is 0.500. The first-order chi connectivity index (χ1) is 8.58. The topological polar surface area (TPSA) is 81.2 Å². The van der Waals surface area contributed by atoms with E-state index in [4.69, 9.17) is 5.84 Å². The predicted molar refractivity (Wildman–Crippen MR) is 76.5 cm³/mol. The van der Waals surface area contributed by atoms with Crippen molar-refractivity contribution in [2.45, 2.75) is 26.0 Å². The predicted octanol–water partition coefficient (Wildman–Crippen LogP) is 3.16. The lowest BCUT2D eigenvalue weighted by atomic mass is 10.2. The molecular formula is C12H19N3O2S. The molecule has 1 unspecified atom stereocenters. The molecule has 0 spiro atoms. The van der Waals surface area contributed by atoms with Crippen molar-refractivity contribution in [2.24, 2.45) is 11.8 Å². The van der Waals surface area contributed by atoms with Gasteiger partial charge in [0.1, 0.15) is 0 Å². The van der Waals surface area contributed by atoms with Crippen molar-refractivity contribution in [1.82, 2.24) is 0 Å². The smallest absolute Gasteiger partial charge is 0.269 e. The lowest BCUT2D eigenvalue weighted by Gasteiger charge is -2.10. The van der Waals surface area contributed by atoms with Crippen LogP contribution in [-0.2, 0) is 5.75 Å². The third kappa shape index (κ3) is 4.19. The third-order valence-electron chi connectivity index (χ3n) is 2.81. The minimum Gasteiger partial charge on any atom is -0.324 e. The van der Waals surface area contributed by atoms with Gasteiger partial charge in [-0.15, -0.1) is 0 Å². The largest absolute Gasteiger partial charge is 0.324 e. The Kier molecular flexibility index (Phi) is 5.94. The van der Waals surface area contributed by atoms with Crippen LogP contribution < -0.4 is 11.3 Å². The Morgan fingerprint density at radius 2 is 2.28 bits per heavy atom. The van der Waals surface area contributed by atoms with Crippen LogP contribution >= 0.6 is 11.8 Å². The van der Waals surface area contributed by atoms with Crippen molar-refractivity contribution < 1.29 is 4.92 Å². The molecule has 1 aromatic rings. The number of nitrogen functional groups attached to an aromatic ring is 1. The van der Waals surface area contributed by atoms with Gasteiger partial charge in [0.25, 0.3) is 5.69 Å². The molecule has 1 rings (SSSR count). The number of nitrogens with one attached hydrogen (secondary N) is 1. The highest BCUT2D eigenvalue weighted by molar-refractivity contribution is 7.98. The number of thioether (sulfide) groups is 1. The molecule has 0 fully saturated rings. The van der Waals surface area contributed by atoms with Crippen LogP contribution in [0.15, 0.2) is 18.2 Å². The number of rotatable bonds is 7. The summed E-state index contributed by atoms with van der Waals surface area (Å²) in [5.41, 5.74) is 4.31. The molecule has 18 heavy (non-hydrogen) atoms. The van der Waals surface area contributed by atoms with Crippen molar-refractivity contribution in [3.8, 4) is 0 Å². The van der Waals surface area contributed by atoms with Gasteiger partial charge in [0.2, 0.25) is 0 Å². The summed E-state index contributed by atoms with van der Waals surface area (Å²) >= 11 is 1.77. The van der Waals surface area contributed by atoms with Gasteiger partial charge in [-0.2, -0.15) is 11.8 Å². The van der Waals surface area contributed by atoms with Gasteiger partial charge < -0.3 is 5.43 Å². The number of hydrazine groups is 1. The summed E-state index contributed by atoms with van der Waals surface area (Å²) in [6.45, 7) is 4.36. The van der Waals surface area contributed by atoms with Gasteiger partial charge in [0.15, 0.2) is 0 Å². The average molecular weight is 269 g/mol. The van der Waals surface area contributed by atoms with E-state index in [-0.39, 0.29) is 10.6 Å². The Morgan fingerprint density at radius 1 is 1.56 bits per heavy atom. The van der Waals surface area contributed by atoms with E-state index in [0.29, 0.717) is 5.92 Å². The van der Waals surface area contributed by atoms with E-state index in [1.807, 2.05) is 0 Å². The standard InChI is InChI=1S/C12H19N3O2S/c1-3-9(2)7-18-8-10-6-11(15(16)17)4-5-12(10)14-13/h4-6,9,14H,3,7-8,13H2,1-2H3. The van der Waals surface area contributed by atoms with Crippen LogP contribution in [0, 0.1) is 16.0 Å². The summed E-state index contributed by atoms with van der Waals surface area (Å²) in [6.07, 6.45) is 1.14. The summed E-state index contributed by atoms with van der Waals surface area (Å²) in [4.78, 5) is 10.3. The lowest BCUT2D eigenvalue weighted by molar-refractivity contribution is -0.384. The lowest BCUT2D eigenvalue weighted by Crippen LogP contribution is -2.09. The number of anilines is 1. The number of nitrogens with zero attached hydrogens (tertiary/aromatic N) is 1. The molecule has 0 saturated heterocycles. The first-order valence-electron chi connectivity index (χ1n) is 5.90. The summed E-state index contributed by atoms with van der Waals surface area (Å²) in [5.74, 6) is 7.83. The highest BCUT2D eigenvalue weighted by Crippen LogP contribution is 2.26. The number of hydrogen-bond acceptors (Lipinski definition) is 5. The molecule has 0 aromatic heterocycles. The molecule has 0 aliphatic rings. The molecule has 5 nitrogen and oxygen atoms in total. The van der Waals surface area contributed by atoms with Crippen LogP contribution in [0.3, 0.4) is 0 Å². The van der Waals surface area contributed by atoms with Gasteiger partial charge in [-0.05, 0) is 23.3 Å². The third-order valence-corrected chi connectivity index (χ3v) is 4.13. The zero-order valence-electron chi connectivity index (χ0n) is 10.7. The Labute approximate surface area is 111 Å². The maximum atomic E-state index is 10.7. The Hall–Kier alpha value is -1.27. The summed E-state index contributed by atoms with van der Waals surface area (Å²) in [6, 6.07) is 4.69. The molecule has 0 bridgehead atoms. The fourth-order valence-electron chi connectivity index (χ4n) is 1.44. The molecule has 1 atom stereocenters. The molecule has 0 amide bonds. The molecule has 3 N–H and O–H groups in total. The van der Waals surface area contributed by atoms with Gasteiger partial charge in [-0.1, -0.05) is 20.3 Å². The first-order valence-corrected chi connectivity index (χ1v) is 7.05. The molecule has 1 aromatic carbocycles. The number of nitro benzene ring substituents is 1. The highest BCUT2D eigenvalue weighted by atomic mass is 32.2. The first kappa shape index (κ1) is 14.8. The quantitative estimate of drug-likeness (QED) is 0.451. The normalized spacial score (nSPS) is 12.2. The maximum Gasteiger partial charge on any atom is 0.269 e. The van der Waals surface area contributed by atoms with Gasteiger partial charge in [-0.3, -0.25) is 16.0 Å². The van der Waals surface area contributed by atoms with Crippen LogP contribution in [0.5, 0.6) is 0 Å². The fourth-order valence-corrected chi connectivity index (χ4v) is 2.66. The summed E-state index contributed by atoms with van der Waals surface area (Å²) in [5, 5.41) is 10.7. The van der Waals surface area contributed by atoms with E-state index in [0.717, 1.165) is 29.2 Å². The van der Waals surface area contributed by atoms with E-state index in [2.05, 4.69) is 19.3 Å². The van der Waals surface area contributed by atoms with Crippen LogP contribution in [0.25, 0.3) is 0 Å². The van der Waals surface area contributed by atoms with Crippen LogP contribution in [0.2, 0.25) is 0 Å². The van der Waals surface area contributed by atoms with Gasteiger partial charge in [-0.25, -0.2) is 0 Å². The Bertz CT molecular complexity index is 412. The van der Waals surface area contributed by atoms with E-state index >= 15 is 0 Å². The van der Waals surface area contributed by atoms with Crippen LogP contribution in [-0.4, -0.2) is 10.7 Å². The minimum atomic E-state index is -0.386. The zero-order chi connectivity index (χ0) is 13.5. The molecule has 100 valence electrons. The van der Waals surface area contributed by atoms with Gasteiger partial charge in [0, 0.05) is 17.9 Å². The maximum absolute atomic E-state index is 10.7. The van der Waals surface area contributed by atoms with Crippen molar-refractivity contribution in [1.29, 1.82) is 0 Å². The number of nitrogens with two attached hydrogens (primary N) is 1. The molecule has 0 aliphatic heterocycles. The number of nitro groups is 1. The highest BCUT2D eigenvalue weighted by Gasteiger charge is 2.10. The summed E-state index contributed by atoms with van der Waals surface area (Å²) in [7, 11) is 0. The molecule has 0 saturated carbocycles. The minimum absolute atomic E-state index is 0.105. The SMILES string of the molecule is CCC(C)CSCc1cc([N+](=O)[O-])ccc1NN. The van der Waals surface area contributed by atoms with Gasteiger partial charge >= 0.3 is 0 Å².